The van der Waals surface area contributed by atoms with E-state index in [1.807, 2.05) is 6.08 Å². The molecule has 1 aromatic carbocycles. The Bertz CT molecular complexity index is 668. The Morgan fingerprint density at radius 2 is 2.04 bits per heavy atom. The Balaban J connectivity index is 1.99. The van der Waals surface area contributed by atoms with Crippen molar-refractivity contribution in [2.75, 3.05) is 0 Å². The molecule has 2 N–H and O–H groups in total. The molecule has 0 heterocycles. The van der Waals surface area contributed by atoms with E-state index in [4.69, 9.17) is 0 Å². The number of hydrogen-bond donors (Lipinski definition) is 2. The van der Waals surface area contributed by atoms with Crippen molar-refractivity contribution in [3.63, 3.8) is 0 Å². The van der Waals surface area contributed by atoms with Crippen LogP contribution in [-0.4, -0.2) is 16.0 Å². The summed E-state index contributed by atoms with van der Waals surface area (Å²) in [6.07, 6.45) is 8.41. The van der Waals surface area contributed by atoms with E-state index in [2.05, 4.69) is 33.8 Å². The summed E-state index contributed by atoms with van der Waals surface area (Å²) in [4.78, 5) is 11.8. The van der Waals surface area contributed by atoms with E-state index >= 15 is 0 Å². The van der Waals surface area contributed by atoms with Gasteiger partial charge in [-0.05, 0) is 61.3 Å². The van der Waals surface area contributed by atoms with Crippen LogP contribution in [0.1, 0.15) is 52.5 Å². The molecule has 1 aromatic rings. The van der Waals surface area contributed by atoms with Gasteiger partial charge < -0.3 is 10.2 Å². The Kier molecular flexibility index (Phi) is 5.53. The predicted octanol–water partition coefficient (Wildman–Crippen LogP) is 5.09. The molecule has 1 aliphatic carbocycles. The number of ketones is 1. The number of allylic oxidation sites excluding steroid dienone is 3. The summed E-state index contributed by atoms with van der Waals surface area (Å²) in [5, 5.41) is 19.3. The molecule has 0 spiro atoms. The van der Waals surface area contributed by atoms with Gasteiger partial charge in [0.2, 0.25) is 0 Å². The van der Waals surface area contributed by atoms with Crippen LogP contribution in [0, 0.1) is 17.3 Å². The lowest BCUT2D eigenvalue weighted by atomic mass is 9.66. The second-order valence-electron chi connectivity index (χ2n) is 7.73. The quantitative estimate of drug-likeness (QED) is 0.740. The zero-order valence-electron chi connectivity index (χ0n) is 15.0. The summed E-state index contributed by atoms with van der Waals surface area (Å²) < 4.78 is 0. The summed E-state index contributed by atoms with van der Waals surface area (Å²) in [6.45, 7) is 8.57. The van der Waals surface area contributed by atoms with E-state index in [1.54, 1.807) is 12.1 Å². The van der Waals surface area contributed by atoms with Gasteiger partial charge in [0.25, 0.3) is 0 Å². The molecule has 0 fully saturated rings. The SMILES string of the molecule is CC1=CC(=O)CC(C)(C)C1CCC(C)/C=C\c1cc(O)ccc1O. The fourth-order valence-electron chi connectivity index (χ4n) is 3.68. The molecule has 0 aromatic heterocycles. The molecule has 2 unspecified atom stereocenters. The van der Waals surface area contributed by atoms with Gasteiger partial charge in [0, 0.05) is 12.0 Å². The Morgan fingerprint density at radius 3 is 2.71 bits per heavy atom. The van der Waals surface area contributed by atoms with E-state index in [0.29, 0.717) is 23.8 Å². The van der Waals surface area contributed by atoms with Gasteiger partial charge in [0.1, 0.15) is 11.5 Å². The van der Waals surface area contributed by atoms with Gasteiger partial charge in [-0.3, -0.25) is 4.79 Å². The highest BCUT2D eigenvalue weighted by Gasteiger charge is 2.35. The first-order valence-corrected chi connectivity index (χ1v) is 8.60. The smallest absolute Gasteiger partial charge is 0.156 e. The predicted molar refractivity (Wildman–Crippen MR) is 97.9 cm³/mol. The van der Waals surface area contributed by atoms with Crippen LogP contribution in [-0.2, 0) is 4.79 Å². The molecule has 0 amide bonds. The Hall–Kier alpha value is -2.03. The van der Waals surface area contributed by atoms with Gasteiger partial charge in [-0.25, -0.2) is 0 Å². The van der Waals surface area contributed by atoms with E-state index in [-0.39, 0.29) is 22.7 Å². The number of phenols is 2. The first kappa shape index (κ1) is 18.3. The van der Waals surface area contributed by atoms with Crippen LogP contribution < -0.4 is 0 Å². The lowest BCUT2D eigenvalue weighted by molar-refractivity contribution is -0.117. The van der Waals surface area contributed by atoms with Crippen LogP contribution in [0.25, 0.3) is 6.08 Å². The van der Waals surface area contributed by atoms with E-state index in [9.17, 15) is 15.0 Å². The molecule has 3 nitrogen and oxygen atoms in total. The fourth-order valence-corrected chi connectivity index (χ4v) is 3.68. The first-order valence-electron chi connectivity index (χ1n) is 8.60. The zero-order valence-corrected chi connectivity index (χ0v) is 15.0. The third-order valence-corrected chi connectivity index (χ3v) is 5.04. The van der Waals surface area contributed by atoms with E-state index in [1.165, 1.54) is 17.7 Å². The molecule has 24 heavy (non-hydrogen) atoms. The molecule has 3 heteroatoms. The van der Waals surface area contributed by atoms with E-state index < -0.39 is 0 Å². The van der Waals surface area contributed by atoms with Gasteiger partial charge in [-0.1, -0.05) is 38.5 Å². The molecule has 2 atom stereocenters. The summed E-state index contributed by atoms with van der Waals surface area (Å²) in [5.74, 6) is 1.34. The van der Waals surface area contributed by atoms with Crippen molar-refractivity contribution in [2.24, 2.45) is 17.3 Å². The maximum Gasteiger partial charge on any atom is 0.156 e. The number of rotatable bonds is 5. The Labute approximate surface area is 144 Å². The second kappa shape index (κ2) is 7.25. The average molecular weight is 328 g/mol. The lowest BCUT2D eigenvalue weighted by Gasteiger charge is -2.38. The summed E-state index contributed by atoms with van der Waals surface area (Å²) in [6, 6.07) is 4.52. The molecular weight excluding hydrogens is 300 g/mol. The van der Waals surface area contributed by atoms with Crippen molar-refractivity contribution in [1.29, 1.82) is 0 Å². The molecule has 1 aliphatic rings. The molecule has 0 saturated heterocycles. The van der Waals surface area contributed by atoms with Crippen molar-refractivity contribution in [3.8, 4) is 11.5 Å². The van der Waals surface area contributed by atoms with Crippen LogP contribution in [0.15, 0.2) is 35.9 Å². The highest BCUT2D eigenvalue weighted by molar-refractivity contribution is 5.91. The van der Waals surface area contributed by atoms with Crippen LogP contribution >= 0.6 is 0 Å². The normalized spacial score (nSPS) is 21.8. The van der Waals surface area contributed by atoms with Gasteiger partial charge in [0.15, 0.2) is 5.78 Å². The molecule has 0 radical (unpaired) electrons. The van der Waals surface area contributed by atoms with Crippen molar-refractivity contribution in [2.45, 2.75) is 47.0 Å². The third kappa shape index (κ3) is 4.50. The van der Waals surface area contributed by atoms with Crippen molar-refractivity contribution in [1.82, 2.24) is 0 Å². The zero-order chi connectivity index (χ0) is 17.9. The second-order valence-corrected chi connectivity index (χ2v) is 7.73. The average Bonchev–Trinajstić information content (AvgIpc) is 2.46. The van der Waals surface area contributed by atoms with Crippen molar-refractivity contribution < 1.29 is 15.0 Å². The van der Waals surface area contributed by atoms with Gasteiger partial charge >= 0.3 is 0 Å². The minimum absolute atomic E-state index is 0.0167. The number of carbonyl (C=O) groups excluding carboxylic acids is 1. The maximum absolute atomic E-state index is 11.8. The van der Waals surface area contributed by atoms with Crippen LogP contribution in [0.3, 0.4) is 0 Å². The lowest BCUT2D eigenvalue weighted by Crippen LogP contribution is -2.32. The monoisotopic (exact) mass is 328 g/mol. The van der Waals surface area contributed by atoms with Gasteiger partial charge in [0.05, 0.1) is 0 Å². The third-order valence-electron chi connectivity index (χ3n) is 5.04. The molecule has 130 valence electrons. The largest absolute Gasteiger partial charge is 0.508 e. The fraction of sp³-hybridized carbons (Fsp3) is 0.476. The van der Waals surface area contributed by atoms with Crippen LogP contribution in [0.4, 0.5) is 0 Å². The number of hydrogen-bond acceptors (Lipinski definition) is 3. The van der Waals surface area contributed by atoms with Crippen molar-refractivity contribution in [3.05, 3.63) is 41.5 Å². The number of phenolic OH excluding ortho intramolecular Hbond substituents is 2. The standard InChI is InChI=1S/C21H28O3/c1-14(5-7-16-12-17(22)8-10-20(16)24)6-9-19-15(2)11-18(23)13-21(19,3)4/h5,7-8,10-12,14,19,22,24H,6,9,13H2,1-4H3/b7-5-. The first-order chi connectivity index (χ1) is 11.2. The van der Waals surface area contributed by atoms with Crippen LogP contribution in [0.2, 0.25) is 0 Å². The van der Waals surface area contributed by atoms with Gasteiger partial charge in [-0.2, -0.15) is 0 Å². The number of carbonyl (C=O) groups is 1. The minimum atomic E-state index is 0.0167. The molecule has 0 aliphatic heterocycles. The highest BCUT2D eigenvalue weighted by Crippen LogP contribution is 2.42. The van der Waals surface area contributed by atoms with Crippen LogP contribution in [0.5, 0.6) is 11.5 Å². The molecule has 0 bridgehead atoms. The number of benzene rings is 1. The molecule has 0 saturated carbocycles. The van der Waals surface area contributed by atoms with Crippen molar-refractivity contribution >= 4 is 11.9 Å². The van der Waals surface area contributed by atoms with E-state index in [0.717, 1.165) is 12.8 Å². The molecule has 2 rings (SSSR count). The van der Waals surface area contributed by atoms with Gasteiger partial charge in [-0.15, -0.1) is 0 Å². The summed E-state index contributed by atoms with van der Waals surface area (Å²) >= 11 is 0. The molecular formula is C21H28O3. The summed E-state index contributed by atoms with van der Waals surface area (Å²) in [5.41, 5.74) is 1.84. The Morgan fingerprint density at radius 1 is 1.33 bits per heavy atom. The summed E-state index contributed by atoms with van der Waals surface area (Å²) in [7, 11) is 0. The number of aromatic hydroxyl groups is 2. The minimum Gasteiger partial charge on any atom is -0.508 e. The topological polar surface area (TPSA) is 57.5 Å². The highest BCUT2D eigenvalue weighted by atomic mass is 16.3. The maximum atomic E-state index is 11.8.